The molecule has 0 heterocycles. The van der Waals surface area contributed by atoms with Gasteiger partial charge in [-0.15, -0.1) is 0 Å². The number of nitrogens with one attached hydrogen (secondary N) is 1. The Kier molecular flexibility index (Phi) is 12.5. The number of aliphatic hydroxyl groups is 1. The summed E-state index contributed by atoms with van der Waals surface area (Å²) in [4.78, 5) is 0. The molecule has 0 rings (SSSR count). The minimum Gasteiger partial charge on any atom is -0.389 e. The summed E-state index contributed by atoms with van der Waals surface area (Å²) >= 11 is 0. The van der Waals surface area contributed by atoms with Gasteiger partial charge in [-0.05, 0) is 52.5 Å². The summed E-state index contributed by atoms with van der Waals surface area (Å²) in [5.41, 5.74) is 0. The molecule has 0 saturated heterocycles. The Morgan fingerprint density at radius 3 is 2.30 bits per heavy atom. The van der Waals surface area contributed by atoms with Gasteiger partial charge in [0.1, 0.15) is 0 Å². The van der Waals surface area contributed by atoms with Crippen molar-refractivity contribution in [3.8, 4) is 0 Å². The highest BCUT2D eigenvalue weighted by Gasteiger charge is 2.09. The molecule has 122 valence electrons. The quantitative estimate of drug-likeness (QED) is 0.512. The predicted octanol–water partition coefficient (Wildman–Crippen LogP) is 2.59. The van der Waals surface area contributed by atoms with Crippen LogP contribution in [0.15, 0.2) is 0 Å². The van der Waals surface area contributed by atoms with Gasteiger partial charge in [0.2, 0.25) is 0 Å². The van der Waals surface area contributed by atoms with Crippen molar-refractivity contribution in [2.45, 2.75) is 72.2 Å². The number of rotatable bonds is 13. The number of aliphatic hydroxyl groups excluding tert-OH is 1. The molecule has 0 radical (unpaired) electrons. The van der Waals surface area contributed by atoms with E-state index in [9.17, 15) is 5.11 Å². The summed E-state index contributed by atoms with van der Waals surface area (Å²) in [5, 5.41) is 13.0. The summed E-state index contributed by atoms with van der Waals surface area (Å²) < 4.78 is 11.1. The molecular formula is C16H35NO3. The first-order valence-corrected chi connectivity index (χ1v) is 8.03. The fraction of sp³-hybridized carbons (Fsp3) is 1.00. The molecule has 0 saturated carbocycles. The minimum atomic E-state index is -0.420. The predicted molar refractivity (Wildman–Crippen MR) is 84.1 cm³/mol. The lowest BCUT2D eigenvalue weighted by atomic mass is 10.1. The standard InChI is InChI=1S/C16H35NO3/c1-13(2)10-15(5)20-12-16(18)11-17-8-6-7-9-19-14(3)4/h13-18H,6-12H2,1-5H3. The maximum atomic E-state index is 9.80. The molecule has 0 aliphatic heterocycles. The van der Waals surface area contributed by atoms with E-state index in [2.05, 4.69) is 39.9 Å². The van der Waals surface area contributed by atoms with E-state index in [1.807, 2.05) is 0 Å². The Labute approximate surface area is 125 Å². The molecule has 0 fully saturated rings. The molecule has 0 bridgehead atoms. The Morgan fingerprint density at radius 1 is 1.00 bits per heavy atom. The normalized spacial score (nSPS) is 15.0. The van der Waals surface area contributed by atoms with Crippen LogP contribution in [0.4, 0.5) is 0 Å². The van der Waals surface area contributed by atoms with Crippen molar-refractivity contribution in [1.82, 2.24) is 5.32 Å². The first kappa shape index (κ1) is 19.8. The van der Waals surface area contributed by atoms with Gasteiger partial charge in [-0.1, -0.05) is 13.8 Å². The molecule has 20 heavy (non-hydrogen) atoms. The molecule has 2 N–H and O–H groups in total. The van der Waals surface area contributed by atoms with E-state index in [0.717, 1.165) is 32.4 Å². The van der Waals surface area contributed by atoms with Crippen molar-refractivity contribution >= 4 is 0 Å². The average Bonchev–Trinajstić information content (AvgIpc) is 2.34. The Hall–Kier alpha value is -0.160. The van der Waals surface area contributed by atoms with Gasteiger partial charge in [0.25, 0.3) is 0 Å². The van der Waals surface area contributed by atoms with Gasteiger partial charge >= 0.3 is 0 Å². The first-order valence-electron chi connectivity index (χ1n) is 8.03. The van der Waals surface area contributed by atoms with Crippen molar-refractivity contribution in [3.63, 3.8) is 0 Å². The lowest BCUT2D eigenvalue weighted by Crippen LogP contribution is -2.32. The van der Waals surface area contributed by atoms with Crippen molar-refractivity contribution in [2.75, 3.05) is 26.3 Å². The van der Waals surface area contributed by atoms with E-state index >= 15 is 0 Å². The summed E-state index contributed by atoms with van der Waals surface area (Å²) in [6, 6.07) is 0. The second-order valence-corrected chi connectivity index (χ2v) is 6.26. The lowest BCUT2D eigenvalue weighted by molar-refractivity contribution is -0.00849. The molecule has 0 aliphatic carbocycles. The van der Waals surface area contributed by atoms with Gasteiger partial charge in [0.05, 0.1) is 24.9 Å². The zero-order chi connectivity index (χ0) is 15.4. The summed E-state index contributed by atoms with van der Waals surface area (Å²) in [7, 11) is 0. The molecule has 0 spiro atoms. The highest BCUT2D eigenvalue weighted by Crippen LogP contribution is 2.07. The number of hydrogen-bond donors (Lipinski definition) is 2. The van der Waals surface area contributed by atoms with Crippen LogP contribution in [0.3, 0.4) is 0 Å². The zero-order valence-corrected chi connectivity index (χ0v) is 14.0. The molecule has 0 aromatic rings. The molecular weight excluding hydrogens is 254 g/mol. The minimum absolute atomic E-state index is 0.220. The maximum Gasteiger partial charge on any atom is 0.0897 e. The van der Waals surface area contributed by atoms with Crippen LogP contribution < -0.4 is 5.32 Å². The highest BCUT2D eigenvalue weighted by molar-refractivity contribution is 4.61. The van der Waals surface area contributed by atoms with Crippen molar-refractivity contribution in [1.29, 1.82) is 0 Å². The van der Waals surface area contributed by atoms with E-state index in [4.69, 9.17) is 9.47 Å². The van der Waals surface area contributed by atoms with Crippen LogP contribution in [-0.4, -0.2) is 49.7 Å². The zero-order valence-electron chi connectivity index (χ0n) is 14.0. The summed E-state index contributed by atoms with van der Waals surface area (Å²) in [6.45, 7) is 13.3. The van der Waals surface area contributed by atoms with Gasteiger partial charge in [-0.3, -0.25) is 0 Å². The van der Waals surface area contributed by atoms with Gasteiger partial charge in [-0.2, -0.15) is 0 Å². The van der Waals surface area contributed by atoms with Crippen LogP contribution in [0.1, 0.15) is 53.9 Å². The Balaban J connectivity index is 3.34. The van der Waals surface area contributed by atoms with E-state index in [0.29, 0.717) is 25.2 Å². The van der Waals surface area contributed by atoms with Crippen LogP contribution in [0.25, 0.3) is 0 Å². The molecule has 0 aromatic carbocycles. The van der Waals surface area contributed by atoms with Crippen LogP contribution in [-0.2, 0) is 9.47 Å². The summed E-state index contributed by atoms with van der Waals surface area (Å²) in [6.07, 6.45) is 3.28. The third-order valence-electron chi connectivity index (χ3n) is 2.96. The molecule has 2 atom stereocenters. The molecule has 0 aliphatic rings. The molecule has 4 heteroatoms. The highest BCUT2D eigenvalue weighted by atomic mass is 16.5. The first-order chi connectivity index (χ1) is 9.41. The third kappa shape index (κ3) is 14.3. The third-order valence-corrected chi connectivity index (χ3v) is 2.96. The van der Waals surface area contributed by atoms with E-state index in [1.165, 1.54) is 0 Å². The van der Waals surface area contributed by atoms with Crippen LogP contribution in [0.2, 0.25) is 0 Å². The number of hydrogen-bond acceptors (Lipinski definition) is 4. The Morgan fingerprint density at radius 2 is 1.70 bits per heavy atom. The largest absolute Gasteiger partial charge is 0.389 e. The fourth-order valence-electron chi connectivity index (χ4n) is 2.01. The SMILES string of the molecule is CC(C)CC(C)OCC(O)CNCCCCOC(C)C. The molecule has 0 amide bonds. The van der Waals surface area contributed by atoms with E-state index in [1.54, 1.807) is 0 Å². The average molecular weight is 289 g/mol. The van der Waals surface area contributed by atoms with E-state index < -0.39 is 6.10 Å². The molecule has 0 aromatic heterocycles. The van der Waals surface area contributed by atoms with Crippen molar-refractivity contribution in [2.24, 2.45) is 5.92 Å². The van der Waals surface area contributed by atoms with Gasteiger partial charge in [-0.25, -0.2) is 0 Å². The smallest absolute Gasteiger partial charge is 0.0897 e. The van der Waals surface area contributed by atoms with Gasteiger partial charge < -0.3 is 19.9 Å². The Bertz CT molecular complexity index is 210. The molecule has 2 unspecified atom stereocenters. The van der Waals surface area contributed by atoms with Crippen LogP contribution in [0.5, 0.6) is 0 Å². The maximum absolute atomic E-state index is 9.80. The fourth-order valence-corrected chi connectivity index (χ4v) is 2.01. The monoisotopic (exact) mass is 289 g/mol. The lowest BCUT2D eigenvalue weighted by Gasteiger charge is -2.18. The van der Waals surface area contributed by atoms with Crippen molar-refractivity contribution in [3.05, 3.63) is 0 Å². The van der Waals surface area contributed by atoms with Crippen molar-refractivity contribution < 1.29 is 14.6 Å². The second-order valence-electron chi connectivity index (χ2n) is 6.26. The topological polar surface area (TPSA) is 50.7 Å². The van der Waals surface area contributed by atoms with Crippen LogP contribution in [0, 0.1) is 5.92 Å². The van der Waals surface area contributed by atoms with Crippen LogP contribution >= 0.6 is 0 Å². The van der Waals surface area contributed by atoms with E-state index in [-0.39, 0.29) is 6.10 Å². The van der Waals surface area contributed by atoms with Gasteiger partial charge in [0, 0.05) is 13.2 Å². The summed E-state index contributed by atoms with van der Waals surface area (Å²) in [5.74, 6) is 0.633. The number of unbranched alkanes of at least 4 members (excludes halogenated alkanes) is 1. The second kappa shape index (κ2) is 12.6. The number of ether oxygens (including phenoxy) is 2. The molecule has 4 nitrogen and oxygen atoms in total. The van der Waals surface area contributed by atoms with Gasteiger partial charge in [0.15, 0.2) is 0 Å².